The lowest BCUT2D eigenvalue weighted by molar-refractivity contribution is -0.384. The standard InChI is InChI=1S/C16H16N2O4/c19-9-8-12-4-6-14(7-5-12)17-16(20)11-13-2-1-3-15(10-13)18(21)22/h1-7,10,19H,8-9,11H2,(H,17,20). The minimum Gasteiger partial charge on any atom is -0.396 e. The number of nitro groups is 1. The Morgan fingerprint density at radius 2 is 1.86 bits per heavy atom. The second kappa shape index (κ2) is 7.33. The molecule has 0 aromatic heterocycles. The predicted molar refractivity (Wildman–Crippen MR) is 82.7 cm³/mol. The summed E-state index contributed by atoms with van der Waals surface area (Å²) in [7, 11) is 0. The fourth-order valence-electron chi connectivity index (χ4n) is 2.05. The second-order valence-electron chi connectivity index (χ2n) is 4.82. The Morgan fingerprint density at radius 3 is 2.50 bits per heavy atom. The number of hydrogen-bond donors (Lipinski definition) is 2. The predicted octanol–water partition coefficient (Wildman–Crippen LogP) is 2.31. The first kappa shape index (κ1) is 15.7. The average molecular weight is 300 g/mol. The topological polar surface area (TPSA) is 92.5 Å². The molecule has 2 aromatic carbocycles. The van der Waals surface area contributed by atoms with E-state index in [1.807, 2.05) is 12.1 Å². The molecule has 0 saturated carbocycles. The third-order valence-corrected chi connectivity index (χ3v) is 3.12. The van der Waals surface area contributed by atoms with E-state index >= 15 is 0 Å². The van der Waals surface area contributed by atoms with Crippen molar-refractivity contribution in [3.05, 3.63) is 69.8 Å². The summed E-state index contributed by atoms with van der Waals surface area (Å²) in [5.74, 6) is -0.240. The van der Waals surface area contributed by atoms with Gasteiger partial charge in [-0.15, -0.1) is 0 Å². The minimum absolute atomic E-state index is 0.0290. The highest BCUT2D eigenvalue weighted by Gasteiger charge is 2.09. The number of aliphatic hydroxyl groups excluding tert-OH is 1. The minimum atomic E-state index is -0.485. The highest BCUT2D eigenvalue weighted by molar-refractivity contribution is 5.92. The van der Waals surface area contributed by atoms with Crippen LogP contribution in [0, 0.1) is 10.1 Å². The van der Waals surface area contributed by atoms with Crippen molar-refractivity contribution in [2.75, 3.05) is 11.9 Å². The van der Waals surface area contributed by atoms with E-state index in [1.165, 1.54) is 12.1 Å². The normalized spacial score (nSPS) is 10.2. The maximum atomic E-state index is 12.0. The Hall–Kier alpha value is -2.73. The van der Waals surface area contributed by atoms with Gasteiger partial charge < -0.3 is 10.4 Å². The second-order valence-corrected chi connectivity index (χ2v) is 4.82. The number of nitrogens with one attached hydrogen (secondary N) is 1. The van der Waals surface area contributed by atoms with Crippen molar-refractivity contribution in [3.63, 3.8) is 0 Å². The van der Waals surface area contributed by atoms with Crippen LogP contribution < -0.4 is 5.32 Å². The Bertz CT molecular complexity index is 668. The zero-order valence-electron chi connectivity index (χ0n) is 11.9. The Kier molecular flexibility index (Phi) is 5.21. The van der Waals surface area contributed by atoms with Gasteiger partial charge in [0, 0.05) is 24.4 Å². The molecule has 2 rings (SSSR count). The van der Waals surface area contributed by atoms with Crippen LogP contribution in [0.3, 0.4) is 0 Å². The molecule has 0 unspecified atom stereocenters. The molecule has 2 aromatic rings. The van der Waals surface area contributed by atoms with Crippen LogP contribution in [0.5, 0.6) is 0 Å². The van der Waals surface area contributed by atoms with Crippen LogP contribution in [0.25, 0.3) is 0 Å². The first-order chi connectivity index (χ1) is 10.6. The maximum absolute atomic E-state index is 12.0. The molecule has 0 aliphatic heterocycles. The maximum Gasteiger partial charge on any atom is 0.269 e. The molecule has 2 N–H and O–H groups in total. The molecule has 0 bridgehead atoms. The van der Waals surface area contributed by atoms with Crippen LogP contribution in [0.1, 0.15) is 11.1 Å². The SMILES string of the molecule is O=C(Cc1cccc([N+](=O)[O-])c1)Nc1ccc(CCO)cc1. The number of nitrogens with zero attached hydrogens (tertiary/aromatic N) is 1. The molecule has 0 heterocycles. The van der Waals surface area contributed by atoms with E-state index in [0.29, 0.717) is 17.7 Å². The van der Waals surface area contributed by atoms with E-state index in [4.69, 9.17) is 5.11 Å². The fraction of sp³-hybridized carbons (Fsp3) is 0.188. The zero-order valence-corrected chi connectivity index (χ0v) is 11.9. The third kappa shape index (κ3) is 4.39. The number of rotatable bonds is 6. The lowest BCUT2D eigenvalue weighted by Crippen LogP contribution is -2.14. The summed E-state index contributed by atoms with van der Waals surface area (Å²) in [4.78, 5) is 22.2. The number of nitro benzene ring substituents is 1. The van der Waals surface area contributed by atoms with Crippen LogP contribution in [0.4, 0.5) is 11.4 Å². The Balaban J connectivity index is 1.97. The van der Waals surface area contributed by atoms with Gasteiger partial charge in [0.1, 0.15) is 0 Å². The van der Waals surface area contributed by atoms with Crippen LogP contribution in [0.2, 0.25) is 0 Å². The van der Waals surface area contributed by atoms with Crippen LogP contribution >= 0.6 is 0 Å². The summed E-state index contributed by atoms with van der Waals surface area (Å²) in [5.41, 5.74) is 2.19. The summed E-state index contributed by atoms with van der Waals surface area (Å²) < 4.78 is 0. The van der Waals surface area contributed by atoms with Crippen LogP contribution in [-0.4, -0.2) is 22.5 Å². The van der Waals surface area contributed by atoms with E-state index in [9.17, 15) is 14.9 Å². The molecule has 0 radical (unpaired) electrons. The van der Waals surface area contributed by atoms with Crippen molar-refractivity contribution in [3.8, 4) is 0 Å². The smallest absolute Gasteiger partial charge is 0.269 e. The molecule has 0 fully saturated rings. The third-order valence-electron chi connectivity index (χ3n) is 3.12. The highest BCUT2D eigenvalue weighted by Crippen LogP contribution is 2.15. The Labute approximate surface area is 127 Å². The van der Waals surface area contributed by atoms with E-state index in [0.717, 1.165) is 5.56 Å². The number of carbonyl (C=O) groups is 1. The summed E-state index contributed by atoms with van der Waals surface area (Å²) in [6, 6.07) is 13.2. The van der Waals surface area contributed by atoms with Gasteiger partial charge in [-0.1, -0.05) is 24.3 Å². The van der Waals surface area contributed by atoms with Gasteiger partial charge in [0.05, 0.1) is 11.3 Å². The molecule has 1 amide bonds. The quantitative estimate of drug-likeness (QED) is 0.632. The molecular formula is C16H16N2O4. The summed E-state index contributed by atoms with van der Waals surface area (Å²) in [5, 5.41) is 22.3. The number of anilines is 1. The molecule has 0 aliphatic carbocycles. The average Bonchev–Trinajstić information content (AvgIpc) is 2.49. The Morgan fingerprint density at radius 1 is 1.14 bits per heavy atom. The summed E-state index contributed by atoms with van der Waals surface area (Å²) >= 11 is 0. The largest absolute Gasteiger partial charge is 0.396 e. The van der Waals surface area contributed by atoms with Crippen LogP contribution in [-0.2, 0) is 17.6 Å². The van der Waals surface area contributed by atoms with Gasteiger partial charge in [-0.3, -0.25) is 14.9 Å². The molecule has 0 spiro atoms. The van der Waals surface area contributed by atoms with E-state index < -0.39 is 4.92 Å². The molecule has 0 saturated heterocycles. The van der Waals surface area contributed by atoms with Gasteiger partial charge in [-0.25, -0.2) is 0 Å². The van der Waals surface area contributed by atoms with Crippen molar-refractivity contribution in [1.29, 1.82) is 0 Å². The van der Waals surface area contributed by atoms with Crippen LogP contribution in [0.15, 0.2) is 48.5 Å². The number of amides is 1. The van der Waals surface area contributed by atoms with Crippen molar-refractivity contribution in [1.82, 2.24) is 0 Å². The van der Waals surface area contributed by atoms with Gasteiger partial charge >= 0.3 is 0 Å². The highest BCUT2D eigenvalue weighted by atomic mass is 16.6. The molecule has 22 heavy (non-hydrogen) atoms. The van der Waals surface area contributed by atoms with E-state index in [1.54, 1.807) is 24.3 Å². The zero-order chi connectivity index (χ0) is 15.9. The first-order valence-electron chi connectivity index (χ1n) is 6.81. The van der Waals surface area contributed by atoms with Gasteiger partial charge in [0.2, 0.25) is 5.91 Å². The number of non-ortho nitro benzene ring substituents is 1. The lowest BCUT2D eigenvalue weighted by Gasteiger charge is -2.06. The summed E-state index contributed by atoms with van der Waals surface area (Å²) in [6.07, 6.45) is 0.641. The van der Waals surface area contributed by atoms with Crippen molar-refractivity contribution < 1.29 is 14.8 Å². The number of carbonyl (C=O) groups excluding carboxylic acids is 1. The van der Waals surface area contributed by atoms with Gasteiger partial charge in [-0.2, -0.15) is 0 Å². The lowest BCUT2D eigenvalue weighted by atomic mass is 10.1. The number of hydrogen-bond acceptors (Lipinski definition) is 4. The van der Waals surface area contributed by atoms with Gasteiger partial charge in [0.15, 0.2) is 0 Å². The monoisotopic (exact) mass is 300 g/mol. The molecule has 6 nitrogen and oxygen atoms in total. The van der Waals surface area contributed by atoms with Gasteiger partial charge in [-0.05, 0) is 29.7 Å². The number of benzene rings is 2. The number of aliphatic hydroxyl groups is 1. The molecule has 0 atom stereocenters. The van der Waals surface area contributed by atoms with Gasteiger partial charge in [0.25, 0.3) is 5.69 Å². The molecule has 114 valence electrons. The van der Waals surface area contributed by atoms with E-state index in [-0.39, 0.29) is 24.6 Å². The van der Waals surface area contributed by atoms with Crippen molar-refractivity contribution in [2.45, 2.75) is 12.8 Å². The van der Waals surface area contributed by atoms with E-state index in [2.05, 4.69) is 5.32 Å². The molecule has 0 aliphatic rings. The first-order valence-corrected chi connectivity index (χ1v) is 6.81. The molecule has 6 heteroatoms. The molecular weight excluding hydrogens is 284 g/mol. The van der Waals surface area contributed by atoms with Crippen molar-refractivity contribution in [2.24, 2.45) is 0 Å². The van der Waals surface area contributed by atoms with Crippen molar-refractivity contribution >= 4 is 17.3 Å². The summed E-state index contributed by atoms with van der Waals surface area (Å²) in [6.45, 7) is 0.0818. The fourth-order valence-corrected chi connectivity index (χ4v) is 2.05.